The van der Waals surface area contributed by atoms with E-state index in [9.17, 15) is 4.79 Å². The summed E-state index contributed by atoms with van der Waals surface area (Å²) in [5, 5.41) is 1.26. The van der Waals surface area contributed by atoms with Crippen LogP contribution in [0.4, 0.5) is 5.69 Å². The molecule has 0 aromatic heterocycles. The van der Waals surface area contributed by atoms with Gasteiger partial charge in [-0.3, -0.25) is 4.79 Å². The second-order valence-corrected chi connectivity index (χ2v) is 5.06. The summed E-state index contributed by atoms with van der Waals surface area (Å²) in [4.78, 5) is 13.6. The highest BCUT2D eigenvalue weighted by Gasteiger charge is 2.23. The Labute approximate surface area is 105 Å². The SMILES string of the molecule is CC1CN(c2cc(Cl)cc(Cl)c2)CCC1=O. The van der Waals surface area contributed by atoms with Crippen molar-refractivity contribution in [2.45, 2.75) is 13.3 Å². The molecule has 86 valence electrons. The van der Waals surface area contributed by atoms with E-state index in [-0.39, 0.29) is 5.92 Å². The fraction of sp³-hybridized carbons (Fsp3) is 0.417. The van der Waals surface area contributed by atoms with E-state index in [2.05, 4.69) is 4.90 Å². The number of ketones is 1. The lowest BCUT2D eigenvalue weighted by atomic mass is 9.98. The maximum absolute atomic E-state index is 11.4. The zero-order valence-corrected chi connectivity index (χ0v) is 10.6. The zero-order valence-electron chi connectivity index (χ0n) is 9.04. The van der Waals surface area contributed by atoms with Crippen LogP contribution in [0.2, 0.25) is 10.0 Å². The van der Waals surface area contributed by atoms with E-state index >= 15 is 0 Å². The lowest BCUT2D eigenvalue weighted by Gasteiger charge is -2.32. The number of halogens is 2. The Morgan fingerprint density at radius 2 is 1.88 bits per heavy atom. The minimum Gasteiger partial charge on any atom is -0.370 e. The van der Waals surface area contributed by atoms with E-state index < -0.39 is 0 Å². The fourth-order valence-corrected chi connectivity index (χ4v) is 2.49. The van der Waals surface area contributed by atoms with E-state index in [0.717, 1.165) is 18.8 Å². The van der Waals surface area contributed by atoms with Gasteiger partial charge in [0, 0.05) is 41.2 Å². The molecule has 0 radical (unpaired) electrons. The number of anilines is 1. The molecule has 4 heteroatoms. The maximum atomic E-state index is 11.4. The minimum absolute atomic E-state index is 0.0894. The van der Waals surface area contributed by atoms with Gasteiger partial charge in [-0.2, -0.15) is 0 Å². The summed E-state index contributed by atoms with van der Waals surface area (Å²) in [6.45, 7) is 3.45. The number of rotatable bonds is 1. The van der Waals surface area contributed by atoms with E-state index in [1.165, 1.54) is 0 Å². The van der Waals surface area contributed by atoms with Gasteiger partial charge in [0.05, 0.1) is 0 Å². The molecule has 1 aliphatic heterocycles. The van der Waals surface area contributed by atoms with E-state index in [4.69, 9.17) is 23.2 Å². The summed E-state index contributed by atoms with van der Waals surface area (Å²) < 4.78 is 0. The van der Waals surface area contributed by atoms with Crippen molar-refractivity contribution in [1.82, 2.24) is 0 Å². The van der Waals surface area contributed by atoms with Gasteiger partial charge in [-0.15, -0.1) is 0 Å². The Balaban J connectivity index is 2.21. The average Bonchev–Trinajstić information content (AvgIpc) is 2.20. The molecule has 0 aliphatic carbocycles. The topological polar surface area (TPSA) is 20.3 Å². The number of hydrogen-bond acceptors (Lipinski definition) is 2. The first kappa shape index (κ1) is 11.7. The monoisotopic (exact) mass is 257 g/mol. The van der Waals surface area contributed by atoms with Gasteiger partial charge in [-0.25, -0.2) is 0 Å². The number of piperidine rings is 1. The van der Waals surface area contributed by atoms with Gasteiger partial charge in [0.25, 0.3) is 0 Å². The molecule has 1 heterocycles. The molecular weight excluding hydrogens is 245 g/mol. The summed E-state index contributed by atoms with van der Waals surface area (Å²) in [6, 6.07) is 5.48. The number of hydrogen-bond donors (Lipinski definition) is 0. The van der Waals surface area contributed by atoms with Crippen LogP contribution < -0.4 is 4.90 Å². The lowest BCUT2D eigenvalue weighted by molar-refractivity contribution is -0.122. The van der Waals surface area contributed by atoms with Crippen molar-refractivity contribution in [3.05, 3.63) is 28.2 Å². The molecule has 0 amide bonds. The number of carbonyl (C=O) groups excluding carboxylic acids is 1. The van der Waals surface area contributed by atoms with Crippen molar-refractivity contribution in [3.63, 3.8) is 0 Å². The van der Waals surface area contributed by atoms with Crippen molar-refractivity contribution in [2.24, 2.45) is 5.92 Å². The van der Waals surface area contributed by atoms with Gasteiger partial charge in [0.2, 0.25) is 0 Å². The maximum Gasteiger partial charge on any atom is 0.139 e. The Kier molecular flexibility index (Phi) is 3.41. The second kappa shape index (κ2) is 4.64. The number of benzene rings is 1. The first-order valence-corrected chi connectivity index (χ1v) is 6.05. The fourth-order valence-electron chi connectivity index (χ4n) is 1.97. The third-order valence-corrected chi connectivity index (χ3v) is 3.32. The first-order chi connectivity index (χ1) is 7.56. The molecule has 1 atom stereocenters. The molecule has 0 saturated carbocycles. The summed E-state index contributed by atoms with van der Waals surface area (Å²) >= 11 is 11.9. The average molecular weight is 258 g/mol. The molecule has 0 N–H and O–H groups in total. The Morgan fingerprint density at radius 3 is 2.44 bits per heavy atom. The third kappa shape index (κ3) is 2.50. The van der Waals surface area contributed by atoms with Crippen LogP contribution in [0.5, 0.6) is 0 Å². The molecule has 2 nitrogen and oxygen atoms in total. The van der Waals surface area contributed by atoms with Gasteiger partial charge in [0.1, 0.15) is 5.78 Å². The molecular formula is C12H13Cl2NO. The van der Waals surface area contributed by atoms with Crippen molar-refractivity contribution in [2.75, 3.05) is 18.0 Å². The van der Waals surface area contributed by atoms with Crippen LogP contribution in [0.1, 0.15) is 13.3 Å². The van der Waals surface area contributed by atoms with E-state index in [0.29, 0.717) is 22.2 Å². The van der Waals surface area contributed by atoms with Crippen LogP contribution >= 0.6 is 23.2 Å². The first-order valence-electron chi connectivity index (χ1n) is 5.30. The molecule has 0 bridgehead atoms. The molecule has 16 heavy (non-hydrogen) atoms. The van der Waals surface area contributed by atoms with Crippen LogP contribution in [0.15, 0.2) is 18.2 Å². The normalized spacial score (nSPS) is 21.3. The van der Waals surface area contributed by atoms with Crippen LogP contribution in [0.3, 0.4) is 0 Å². The Hall–Kier alpha value is -0.730. The summed E-state index contributed by atoms with van der Waals surface area (Å²) in [5.74, 6) is 0.427. The van der Waals surface area contributed by atoms with Crippen molar-refractivity contribution >= 4 is 34.7 Å². The molecule has 1 aromatic carbocycles. The van der Waals surface area contributed by atoms with Crippen molar-refractivity contribution in [3.8, 4) is 0 Å². The molecule has 2 rings (SSSR count). The predicted octanol–water partition coefficient (Wildman–Crippen LogP) is 3.41. The van der Waals surface area contributed by atoms with Gasteiger partial charge in [-0.05, 0) is 18.2 Å². The molecule has 1 fully saturated rings. The summed E-state index contributed by atoms with van der Waals surface area (Å²) in [7, 11) is 0. The minimum atomic E-state index is 0.0894. The van der Waals surface area contributed by atoms with Crippen LogP contribution in [-0.4, -0.2) is 18.9 Å². The van der Waals surface area contributed by atoms with Crippen molar-refractivity contribution in [1.29, 1.82) is 0 Å². The van der Waals surface area contributed by atoms with Crippen LogP contribution in [-0.2, 0) is 4.79 Å². The third-order valence-electron chi connectivity index (χ3n) is 2.88. The summed E-state index contributed by atoms with van der Waals surface area (Å²) in [5.41, 5.74) is 0.997. The van der Waals surface area contributed by atoms with Crippen molar-refractivity contribution < 1.29 is 4.79 Å². The standard InChI is InChI=1S/C12H13Cl2NO/c1-8-7-15(3-2-12(8)16)11-5-9(13)4-10(14)6-11/h4-6,8H,2-3,7H2,1H3. The quantitative estimate of drug-likeness (QED) is 0.769. The number of carbonyl (C=O) groups is 1. The Bertz CT molecular complexity index is 399. The predicted molar refractivity (Wildman–Crippen MR) is 67.5 cm³/mol. The van der Waals surface area contributed by atoms with Crippen LogP contribution in [0, 0.1) is 5.92 Å². The lowest BCUT2D eigenvalue weighted by Crippen LogP contribution is -2.39. The zero-order chi connectivity index (χ0) is 11.7. The van der Waals surface area contributed by atoms with E-state index in [1.54, 1.807) is 6.07 Å². The van der Waals surface area contributed by atoms with Gasteiger partial charge >= 0.3 is 0 Å². The Morgan fingerprint density at radius 1 is 1.25 bits per heavy atom. The smallest absolute Gasteiger partial charge is 0.139 e. The van der Waals surface area contributed by atoms with Gasteiger partial charge in [0.15, 0.2) is 0 Å². The van der Waals surface area contributed by atoms with Gasteiger partial charge < -0.3 is 4.90 Å². The second-order valence-electron chi connectivity index (χ2n) is 4.19. The summed E-state index contributed by atoms with van der Waals surface area (Å²) in [6.07, 6.45) is 0.602. The van der Waals surface area contributed by atoms with E-state index in [1.807, 2.05) is 19.1 Å². The highest BCUT2D eigenvalue weighted by Crippen LogP contribution is 2.27. The highest BCUT2D eigenvalue weighted by molar-refractivity contribution is 6.35. The molecule has 1 aromatic rings. The highest BCUT2D eigenvalue weighted by atomic mass is 35.5. The molecule has 0 spiro atoms. The molecule has 1 unspecified atom stereocenters. The number of nitrogens with zero attached hydrogens (tertiary/aromatic N) is 1. The largest absolute Gasteiger partial charge is 0.370 e. The number of Topliss-reactive ketones (excluding diaryl/α,β-unsaturated/α-hetero) is 1. The molecule has 1 aliphatic rings. The van der Waals surface area contributed by atoms with Crippen LogP contribution in [0.25, 0.3) is 0 Å². The van der Waals surface area contributed by atoms with Gasteiger partial charge in [-0.1, -0.05) is 30.1 Å². The molecule has 1 saturated heterocycles.